The number of thiazole rings is 1. The maximum atomic E-state index is 12.6. The number of hydrogen-bond donors (Lipinski definition) is 1. The number of H-pyrrole nitrogens is 1. The number of aromatic nitrogens is 4. The first kappa shape index (κ1) is 23.1. The number of fused-ring (bicyclic) bond motifs is 1. The van der Waals surface area contributed by atoms with E-state index in [4.69, 9.17) is 9.72 Å². The Morgan fingerprint density at radius 1 is 1.12 bits per heavy atom. The molecule has 1 saturated heterocycles. The van der Waals surface area contributed by atoms with Gasteiger partial charge in [0.1, 0.15) is 16.3 Å². The minimum atomic E-state index is -0.509. The third-order valence-electron chi connectivity index (χ3n) is 6.88. The number of nitrogens with one attached hydrogen (secondary N) is 1. The number of nitrogens with zero attached hydrogens (tertiary/aromatic N) is 4. The van der Waals surface area contributed by atoms with E-state index in [0.717, 1.165) is 29.1 Å². The van der Waals surface area contributed by atoms with Gasteiger partial charge in [0.15, 0.2) is 0 Å². The summed E-state index contributed by atoms with van der Waals surface area (Å²) in [6, 6.07) is 1.65. The lowest BCUT2D eigenvalue weighted by atomic mass is 9.87. The van der Waals surface area contributed by atoms with Crippen molar-refractivity contribution in [2.75, 3.05) is 13.1 Å². The maximum Gasteiger partial charge on any atom is 0.410 e. The number of ether oxygens (including phenoxy) is 1. The van der Waals surface area contributed by atoms with Crippen LogP contribution in [0.25, 0.3) is 16.2 Å². The molecule has 1 N–H and O–H groups in total. The standard InChI is InChI=1S/C25H33N5O3S/c1-25(2,3)33-24(32)29-11-9-17(10-12-29)20-13-21(31)28-22-18(14-26-30(20)22)23-27-19(15-34-23)16-7-5-4-6-8-16/h13-17H,4-12H2,1-3H3,(H,28,31). The Morgan fingerprint density at radius 3 is 2.56 bits per heavy atom. The SMILES string of the molecule is CC(C)(C)OC(=O)N1CCC(c2cc(=O)[nH]c3c(-c4nc(C5CCCCC5)cs4)cnn23)CC1. The summed E-state index contributed by atoms with van der Waals surface area (Å²) in [5.74, 6) is 0.690. The van der Waals surface area contributed by atoms with Crippen molar-refractivity contribution in [3.8, 4) is 10.6 Å². The van der Waals surface area contributed by atoms with Crippen molar-refractivity contribution < 1.29 is 9.53 Å². The minimum Gasteiger partial charge on any atom is -0.444 e. The second kappa shape index (κ2) is 9.17. The Bertz CT molecular complexity index is 1220. The third kappa shape index (κ3) is 4.76. The number of carbonyl (C=O) groups is 1. The maximum absolute atomic E-state index is 12.6. The second-order valence-corrected chi connectivity index (χ2v) is 11.4. The predicted octanol–water partition coefficient (Wildman–Crippen LogP) is 5.31. The van der Waals surface area contributed by atoms with Gasteiger partial charge in [0.05, 0.1) is 23.1 Å². The van der Waals surface area contributed by atoms with E-state index in [9.17, 15) is 9.59 Å². The van der Waals surface area contributed by atoms with E-state index in [1.807, 2.05) is 31.5 Å². The zero-order chi connectivity index (χ0) is 23.9. The van der Waals surface area contributed by atoms with E-state index in [-0.39, 0.29) is 17.6 Å². The molecule has 0 unspecified atom stereocenters. The number of amides is 1. The van der Waals surface area contributed by atoms with E-state index in [2.05, 4.69) is 15.5 Å². The molecule has 9 heteroatoms. The van der Waals surface area contributed by atoms with E-state index >= 15 is 0 Å². The highest BCUT2D eigenvalue weighted by Crippen LogP contribution is 2.36. The summed E-state index contributed by atoms with van der Waals surface area (Å²) in [5.41, 5.74) is 2.98. The van der Waals surface area contributed by atoms with Crippen molar-refractivity contribution in [1.82, 2.24) is 24.5 Å². The smallest absolute Gasteiger partial charge is 0.410 e. The summed E-state index contributed by atoms with van der Waals surface area (Å²) in [6.45, 7) is 6.82. The van der Waals surface area contributed by atoms with E-state index < -0.39 is 5.60 Å². The molecule has 34 heavy (non-hydrogen) atoms. The highest BCUT2D eigenvalue weighted by Gasteiger charge is 2.29. The Balaban J connectivity index is 1.37. The molecular weight excluding hydrogens is 450 g/mol. The number of likely N-dealkylation sites (tertiary alicyclic amines) is 1. The lowest BCUT2D eigenvalue weighted by Gasteiger charge is -2.33. The van der Waals surface area contributed by atoms with Gasteiger partial charge in [-0.25, -0.2) is 14.3 Å². The van der Waals surface area contributed by atoms with Crippen molar-refractivity contribution in [2.24, 2.45) is 0 Å². The van der Waals surface area contributed by atoms with E-state index in [1.54, 1.807) is 22.3 Å². The first-order valence-electron chi connectivity index (χ1n) is 12.3. The van der Waals surface area contributed by atoms with Gasteiger partial charge in [0.25, 0.3) is 5.56 Å². The molecule has 0 bridgehead atoms. The van der Waals surface area contributed by atoms with Gasteiger partial charge in [-0.2, -0.15) is 5.10 Å². The van der Waals surface area contributed by atoms with E-state index in [0.29, 0.717) is 24.7 Å². The average molecular weight is 484 g/mol. The fourth-order valence-electron chi connectivity index (χ4n) is 5.14. The monoisotopic (exact) mass is 483 g/mol. The highest BCUT2D eigenvalue weighted by atomic mass is 32.1. The number of piperidine rings is 1. The quantitative estimate of drug-likeness (QED) is 0.545. The van der Waals surface area contributed by atoms with Crippen LogP contribution >= 0.6 is 11.3 Å². The van der Waals surface area contributed by atoms with Gasteiger partial charge in [-0.15, -0.1) is 11.3 Å². The normalized spacial score (nSPS) is 18.5. The van der Waals surface area contributed by atoms with Crippen LogP contribution in [0.15, 0.2) is 22.4 Å². The van der Waals surface area contributed by atoms with Gasteiger partial charge >= 0.3 is 6.09 Å². The van der Waals surface area contributed by atoms with Crippen molar-refractivity contribution >= 4 is 23.1 Å². The second-order valence-electron chi connectivity index (χ2n) is 10.5. The largest absolute Gasteiger partial charge is 0.444 e. The molecule has 3 aromatic heterocycles. The molecule has 8 nitrogen and oxygen atoms in total. The average Bonchev–Trinajstić information content (AvgIpc) is 3.45. The highest BCUT2D eigenvalue weighted by molar-refractivity contribution is 7.13. The van der Waals surface area contributed by atoms with Crippen molar-refractivity contribution in [1.29, 1.82) is 0 Å². The van der Waals surface area contributed by atoms with Crippen molar-refractivity contribution in [3.63, 3.8) is 0 Å². The summed E-state index contributed by atoms with van der Waals surface area (Å²) in [5, 5.41) is 7.72. The van der Waals surface area contributed by atoms with Crippen LogP contribution in [0.1, 0.15) is 88.9 Å². The lowest BCUT2D eigenvalue weighted by Crippen LogP contribution is -2.41. The molecular formula is C25H33N5O3S. The first-order chi connectivity index (χ1) is 16.3. The number of carbonyl (C=O) groups excluding carboxylic acids is 1. The Hall–Kier alpha value is -2.68. The van der Waals surface area contributed by atoms with Crippen LogP contribution in [0.2, 0.25) is 0 Å². The predicted molar refractivity (Wildman–Crippen MR) is 133 cm³/mol. The molecule has 182 valence electrons. The van der Waals surface area contributed by atoms with Crippen LogP contribution in [-0.4, -0.2) is 49.3 Å². The zero-order valence-electron chi connectivity index (χ0n) is 20.2. The van der Waals surface area contributed by atoms with Crippen molar-refractivity contribution in [2.45, 2.75) is 83.2 Å². The van der Waals surface area contributed by atoms with Gasteiger partial charge in [0, 0.05) is 36.4 Å². The van der Waals surface area contributed by atoms with Gasteiger partial charge in [-0.05, 0) is 46.5 Å². The Kier molecular flexibility index (Phi) is 6.22. The van der Waals surface area contributed by atoms with Crippen LogP contribution in [0.4, 0.5) is 4.79 Å². The molecule has 1 aliphatic heterocycles. The third-order valence-corrected chi connectivity index (χ3v) is 7.77. The topological polar surface area (TPSA) is 92.6 Å². The molecule has 0 spiro atoms. The van der Waals surface area contributed by atoms with Crippen molar-refractivity contribution in [3.05, 3.63) is 39.4 Å². The van der Waals surface area contributed by atoms with E-state index in [1.165, 1.54) is 37.8 Å². The van der Waals surface area contributed by atoms with Crippen LogP contribution in [0.5, 0.6) is 0 Å². The first-order valence-corrected chi connectivity index (χ1v) is 13.2. The summed E-state index contributed by atoms with van der Waals surface area (Å²) in [6.07, 6.45) is 9.35. The fourth-order valence-corrected chi connectivity index (χ4v) is 6.05. The molecule has 1 aliphatic carbocycles. The minimum absolute atomic E-state index is 0.136. The Morgan fingerprint density at radius 2 is 1.85 bits per heavy atom. The summed E-state index contributed by atoms with van der Waals surface area (Å²) >= 11 is 1.63. The molecule has 0 radical (unpaired) electrons. The number of aromatic amines is 1. The van der Waals surface area contributed by atoms with Crippen LogP contribution in [0, 0.1) is 0 Å². The zero-order valence-corrected chi connectivity index (χ0v) is 21.0. The number of hydrogen-bond acceptors (Lipinski definition) is 6. The molecule has 2 fully saturated rings. The van der Waals surface area contributed by atoms with Gasteiger partial charge < -0.3 is 14.6 Å². The molecule has 1 saturated carbocycles. The van der Waals surface area contributed by atoms with Gasteiger partial charge in [0.2, 0.25) is 0 Å². The molecule has 4 heterocycles. The Labute approximate surface area is 203 Å². The van der Waals surface area contributed by atoms with Crippen LogP contribution < -0.4 is 5.56 Å². The van der Waals surface area contributed by atoms with Crippen LogP contribution in [-0.2, 0) is 4.74 Å². The molecule has 0 atom stereocenters. The fraction of sp³-hybridized carbons (Fsp3) is 0.600. The number of rotatable bonds is 3. The molecule has 2 aliphatic rings. The molecule has 0 aromatic carbocycles. The summed E-state index contributed by atoms with van der Waals surface area (Å²) < 4.78 is 7.37. The lowest BCUT2D eigenvalue weighted by molar-refractivity contribution is 0.0203. The molecule has 1 amide bonds. The van der Waals surface area contributed by atoms with Crippen LogP contribution in [0.3, 0.4) is 0 Å². The van der Waals surface area contributed by atoms with Gasteiger partial charge in [-0.1, -0.05) is 19.3 Å². The molecule has 3 aromatic rings. The summed E-state index contributed by atoms with van der Waals surface area (Å²) in [4.78, 5) is 34.7. The van der Waals surface area contributed by atoms with Gasteiger partial charge in [-0.3, -0.25) is 4.79 Å². The summed E-state index contributed by atoms with van der Waals surface area (Å²) in [7, 11) is 0. The molecule has 5 rings (SSSR count).